The van der Waals surface area contributed by atoms with Crippen LogP contribution >= 0.6 is 22.9 Å². The Balaban J connectivity index is 2.02. The number of rotatable bonds is 3. The molecule has 1 aromatic carbocycles. The third kappa shape index (κ3) is 2.49. The van der Waals surface area contributed by atoms with Gasteiger partial charge < -0.3 is 4.74 Å². The molecule has 3 rings (SSSR count). The van der Waals surface area contributed by atoms with Gasteiger partial charge in [0.2, 0.25) is 0 Å². The smallest absolute Gasteiger partial charge is 0.141 e. The maximum absolute atomic E-state index is 6.24. The molecule has 0 amide bonds. The lowest BCUT2D eigenvalue weighted by molar-refractivity contribution is 0.410. The van der Waals surface area contributed by atoms with Gasteiger partial charge >= 0.3 is 0 Å². The summed E-state index contributed by atoms with van der Waals surface area (Å²) < 4.78 is 5.35. The molecule has 0 aliphatic rings. The van der Waals surface area contributed by atoms with E-state index >= 15 is 0 Å². The van der Waals surface area contributed by atoms with Gasteiger partial charge in [0.15, 0.2) is 0 Å². The fourth-order valence-electron chi connectivity index (χ4n) is 2.15. The number of nitrogens with zero attached hydrogens (tertiary/aromatic N) is 2. The maximum Gasteiger partial charge on any atom is 0.141 e. The molecule has 0 atom stereocenters. The number of methoxy groups -OCH3 is 1. The topological polar surface area (TPSA) is 35.0 Å². The minimum atomic E-state index is 0.518. The molecule has 0 aliphatic carbocycles. The number of hydrogen-bond donors (Lipinski definition) is 0. The van der Waals surface area contributed by atoms with Gasteiger partial charge in [0.1, 0.15) is 21.6 Å². The Morgan fingerprint density at radius 2 is 2.05 bits per heavy atom. The molecule has 0 spiro atoms. The fraction of sp³-hybridized carbons (Fsp3) is 0.200. The number of fused-ring (bicyclic) bond motifs is 1. The van der Waals surface area contributed by atoms with E-state index in [0.717, 1.165) is 21.5 Å². The van der Waals surface area contributed by atoms with E-state index in [9.17, 15) is 0 Å². The Kier molecular flexibility index (Phi) is 3.59. The van der Waals surface area contributed by atoms with Crippen molar-refractivity contribution in [3.63, 3.8) is 0 Å². The SMILES string of the molecule is COc1ccccc1Cc1nc(Cl)c2cc(C)sc2n1. The van der Waals surface area contributed by atoms with Crippen molar-refractivity contribution in [2.24, 2.45) is 0 Å². The quantitative estimate of drug-likeness (QED) is 0.678. The molecule has 5 heteroatoms. The number of hydrogen-bond acceptors (Lipinski definition) is 4. The first-order valence-electron chi connectivity index (χ1n) is 6.22. The summed E-state index contributed by atoms with van der Waals surface area (Å²) in [6.45, 7) is 2.04. The average molecular weight is 305 g/mol. The van der Waals surface area contributed by atoms with E-state index < -0.39 is 0 Å². The lowest BCUT2D eigenvalue weighted by Crippen LogP contribution is -1.99. The molecule has 0 fully saturated rings. The van der Waals surface area contributed by atoms with Gasteiger partial charge in [-0.25, -0.2) is 9.97 Å². The van der Waals surface area contributed by atoms with E-state index in [1.165, 1.54) is 4.88 Å². The molecule has 2 heterocycles. The van der Waals surface area contributed by atoms with Crippen LogP contribution in [0.5, 0.6) is 5.75 Å². The number of aryl methyl sites for hydroxylation is 1. The Labute approximate surface area is 126 Å². The molecule has 20 heavy (non-hydrogen) atoms. The summed E-state index contributed by atoms with van der Waals surface area (Å²) in [7, 11) is 1.67. The Bertz CT molecular complexity index is 770. The summed E-state index contributed by atoms with van der Waals surface area (Å²) >= 11 is 7.87. The van der Waals surface area contributed by atoms with Crippen molar-refractivity contribution >= 4 is 33.2 Å². The van der Waals surface area contributed by atoms with Crippen LogP contribution < -0.4 is 4.74 Å². The third-order valence-electron chi connectivity index (χ3n) is 3.06. The van der Waals surface area contributed by atoms with E-state index in [2.05, 4.69) is 9.97 Å². The second-order valence-electron chi connectivity index (χ2n) is 4.50. The number of thiophene rings is 1. The number of ether oxygens (including phenoxy) is 1. The molecule has 3 nitrogen and oxygen atoms in total. The Morgan fingerprint density at radius 3 is 2.85 bits per heavy atom. The number of benzene rings is 1. The van der Waals surface area contributed by atoms with Gasteiger partial charge in [-0.2, -0.15) is 0 Å². The predicted molar refractivity (Wildman–Crippen MR) is 83.0 cm³/mol. The third-order valence-corrected chi connectivity index (χ3v) is 4.29. The molecule has 3 aromatic rings. The minimum absolute atomic E-state index is 0.518. The second-order valence-corrected chi connectivity index (χ2v) is 6.09. The predicted octanol–water partition coefficient (Wildman–Crippen LogP) is 4.25. The van der Waals surface area contributed by atoms with Crippen molar-refractivity contribution in [2.45, 2.75) is 13.3 Å². The van der Waals surface area contributed by atoms with Crippen LogP contribution in [0.4, 0.5) is 0 Å². The van der Waals surface area contributed by atoms with Gasteiger partial charge in [-0.15, -0.1) is 11.3 Å². The monoisotopic (exact) mass is 304 g/mol. The zero-order chi connectivity index (χ0) is 14.1. The van der Waals surface area contributed by atoms with Crippen molar-refractivity contribution in [1.82, 2.24) is 9.97 Å². The maximum atomic E-state index is 6.24. The van der Waals surface area contributed by atoms with E-state index in [0.29, 0.717) is 17.4 Å². The highest BCUT2D eigenvalue weighted by molar-refractivity contribution is 7.18. The van der Waals surface area contributed by atoms with Crippen LogP contribution in [-0.4, -0.2) is 17.1 Å². The molecule has 0 saturated heterocycles. The first kappa shape index (κ1) is 13.3. The Morgan fingerprint density at radius 1 is 1.25 bits per heavy atom. The number of halogens is 1. The van der Waals surface area contributed by atoms with Crippen molar-refractivity contribution in [2.75, 3.05) is 7.11 Å². The first-order chi connectivity index (χ1) is 9.67. The molecule has 0 saturated carbocycles. The highest BCUT2D eigenvalue weighted by Crippen LogP contribution is 2.29. The van der Waals surface area contributed by atoms with Gasteiger partial charge in [-0.05, 0) is 19.1 Å². The lowest BCUT2D eigenvalue weighted by Gasteiger charge is -2.07. The van der Waals surface area contributed by atoms with E-state index in [4.69, 9.17) is 16.3 Å². The highest BCUT2D eigenvalue weighted by atomic mass is 35.5. The minimum Gasteiger partial charge on any atom is -0.496 e. The molecule has 2 aromatic heterocycles. The van der Waals surface area contributed by atoms with Crippen molar-refractivity contribution in [1.29, 1.82) is 0 Å². The van der Waals surface area contributed by atoms with E-state index in [1.807, 2.05) is 37.3 Å². The molecule has 0 unspecified atom stereocenters. The van der Waals surface area contributed by atoms with Gasteiger partial charge in [-0.1, -0.05) is 29.8 Å². The summed E-state index contributed by atoms with van der Waals surface area (Å²) in [6.07, 6.45) is 0.608. The normalized spacial score (nSPS) is 10.9. The van der Waals surface area contributed by atoms with Crippen LogP contribution in [0.3, 0.4) is 0 Å². The summed E-state index contributed by atoms with van der Waals surface area (Å²) in [5, 5.41) is 1.45. The molecular formula is C15H13ClN2OS. The summed E-state index contributed by atoms with van der Waals surface area (Å²) in [4.78, 5) is 11.1. The fourth-order valence-corrected chi connectivity index (χ4v) is 3.34. The molecule has 102 valence electrons. The molecule has 0 radical (unpaired) electrons. The van der Waals surface area contributed by atoms with Crippen LogP contribution in [0.1, 0.15) is 16.3 Å². The molecule has 0 N–H and O–H groups in total. The lowest BCUT2D eigenvalue weighted by atomic mass is 10.1. The molecule has 0 aliphatic heterocycles. The van der Waals surface area contributed by atoms with Crippen molar-refractivity contribution < 1.29 is 4.74 Å². The molecular weight excluding hydrogens is 292 g/mol. The van der Waals surface area contributed by atoms with Crippen molar-refractivity contribution in [3.8, 4) is 5.75 Å². The van der Waals surface area contributed by atoms with Crippen LogP contribution in [0.25, 0.3) is 10.2 Å². The summed E-state index contributed by atoms with van der Waals surface area (Å²) in [6, 6.07) is 9.90. The van der Waals surface area contributed by atoms with Crippen LogP contribution in [-0.2, 0) is 6.42 Å². The standard InChI is InChI=1S/C15H13ClN2OS/c1-9-7-11-14(16)17-13(18-15(11)20-9)8-10-5-3-4-6-12(10)19-2/h3-7H,8H2,1-2H3. The molecule has 0 bridgehead atoms. The van der Waals surface area contributed by atoms with Gasteiger partial charge in [0, 0.05) is 22.2 Å². The van der Waals surface area contributed by atoms with Gasteiger partial charge in [-0.3, -0.25) is 0 Å². The largest absolute Gasteiger partial charge is 0.496 e. The first-order valence-corrected chi connectivity index (χ1v) is 7.41. The van der Waals surface area contributed by atoms with E-state index in [-0.39, 0.29) is 0 Å². The zero-order valence-corrected chi connectivity index (χ0v) is 12.8. The summed E-state index contributed by atoms with van der Waals surface area (Å²) in [5.74, 6) is 1.56. The average Bonchev–Trinajstić information content (AvgIpc) is 2.80. The van der Waals surface area contributed by atoms with Gasteiger partial charge in [0.05, 0.1) is 7.11 Å². The van der Waals surface area contributed by atoms with Crippen LogP contribution in [0, 0.1) is 6.92 Å². The number of para-hydroxylation sites is 1. The number of aromatic nitrogens is 2. The van der Waals surface area contributed by atoms with Crippen LogP contribution in [0.15, 0.2) is 30.3 Å². The van der Waals surface area contributed by atoms with Crippen LogP contribution in [0.2, 0.25) is 5.15 Å². The summed E-state index contributed by atoms with van der Waals surface area (Å²) in [5.41, 5.74) is 1.05. The van der Waals surface area contributed by atoms with E-state index in [1.54, 1.807) is 18.4 Å². The zero-order valence-electron chi connectivity index (χ0n) is 11.2. The van der Waals surface area contributed by atoms with Gasteiger partial charge in [0.25, 0.3) is 0 Å². The Hall–Kier alpha value is -1.65. The second kappa shape index (κ2) is 5.38. The van der Waals surface area contributed by atoms with Crippen molar-refractivity contribution in [3.05, 3.63) is 51.7 Å². The highest BCUT2D eigenvalue weighted by Gasteiger charge is 2.11.